The molecule has 1 saturated heterocycles. The predicted octanol–water partition coefficient (Wildman–Crippen LogP) is 1.29. The maximum absolute atomic E-state index is 11.0. The minimum Gasteiger partial charge on any atom is -0.358 e. The number of ether oxygens (including phenoxy) is 1. The quantitative estimate of drug-likeness (QED) is 0.513. The van der Waals surface area contributed by atoms with E-state index in [0.29, 0.717) is 6.10 Å². The summed E-state index contributed by atoms with van der Waals surface area (Å²) in [6, 6.07) is 0. The number of carbonyl (C=O) groups is 1. The highest BCUT2D eigenvalue weighted by Crippen LogP contribution is 2.48. The molecule has 0 unspecified atom stereocenters. The zero-order chi connectivity index (χ0) is 7.19. The Balaban J connectivity index is 2.12. The van der Waals surface area contributed by atoms with Crippen LogP contribution in [-0.2, 0) is 9.53 Å². The van der Waals surface area contributed by atoms with E-state index in [1.54, 1.807) is 6.92 Å². The minimum atomic E-state index is -0.293. The van der Waals surface area contributed by atoms with Gasteiger partial charge in [-0.15, -0.1) is 0 Å². The van der Waals surface area contributed by atoms with Crippen LogP contribution in [0.2, 0.25) is 0 Å². The highest BCUT2D eigenvalue weighted by Gasteiger charge is 2.60. The number of Topliss-reactive ketones (excluding diaryl/α,β-unsaturated/α-hetero) is 1. The van der Waals surface area contributed by atoms with E-state index in [1.165, 1.54) is 6.42 Å². The summed E-state index contributed by atoms with van der Waals surface area (Å²) in [5.41, 5.74) is -0.293. The van der Waals surface area contributed by atoms with Crippen LogP contribution < -0.4 is 0 Å². The average Bonchev–Trinajstić information content (AvgIpc) is 2.61. The second-order valence-corrected chi connectivity index (χ2v) is 3.30. The van der Waals surface area contributed by atoms with Gasteiger partial charge in [0, 0.05) is 0 Å². The van der Waals surface area contributed by atoms with E-state index in [1.807, 2.05) is 0 Å². The summed E-state index contributed by atoms with van der Waals surface area (Å²) < 4.78 is 5.38. The molecule has 2 fully saturated rings. The average molecular weight is 140 g/mol. The summed E-state index contributed by atoms with van der Waals surface area (Å²) in [5, 5.41) is 0. The molecule has 0 aromatic carbocycles. The van der Waals surface area contributed by atoms with Crippen LogP contribution in [-0.4, -0.2) is 17.5 Å². The van der Waals surface area contributed by atoms with Crippen LogP contribution in [0.1, 0.15) is 32.6 Å². The van der Waals surface area contributed by atoms with Crippen molar-refractivity contribution in [2.75, 3.05) is 0 Å². The molecule has 2 nitrogen and oxygen atoms in total. The first-order valence-electron chi connectivity index (χ1n) is 3.94. The van der Waals surface area contributed by atoms with Crippen LogP contribution in [0.15, 0.2) is 0 Å². The number of carbonyl (C=O) groups excluding carboxylic acids is 1. The topological polar surface area (TPSA) is 29.6 Å². The Kier molecular flexibility index (Phi) is 1.15. The number of ketones is 1. The third-order valence-electron chi connectivity index (χ3n) is 2.68. The van der Waals surface area contributed by atoms with E-state index in [9.17, 15) is 4.79 Å². The van der Waals surface area contributed by atoms with Gasteiger partial charge in [-0.25, -0.2) is 0 Å². The molecule has 2 aliphatic rings. The van der Waals surface area contributed by atoms with E-state index in [-0.39, 0.29) is 11.4 Å². The largest absolute Gasteiger partial charge is 0.358 e. The van der Waals surface area contributed by atoms with Gasteiger partial charge < -0.3 is 4.74 Å². The van der Waals surface area contributed by atoms with Gasteiger partial charge in [0.1, 0.15) is 0 Å². The molecule has 1 saturated carbocycles. The van der Waals surface area contributed by atoms with Crippen LogP contribution in [0, 0.1) is 0 Å². The van der Waals surface area contributed by atoms with E-state index in [2.05, 4.69) is 0 Å². The monoisotopic (exact) mass is 140 g/mol. The number of epoxide rings is 1. The lowest BCUT2D eigenvalue weighted by molar-refractivity contribution is -0.122. The van der Waals surface area contributed by atoms with Crippen molar-refractivity contribution in [1.82, 2.24) is 0 Å². The minimum absolute atomic E-state index is 0.234. The smallest absolute Gasteiger partial charge is 0.164 e. The number of hydrogen-bond donors (Lipinski definition) is 0. The molecule has 1 heterocycles. The first kappa shape index (κ1) is 6.35. The molecular formula is C8H12O2. The molecule has 56 valence electrons. The van der Waals surface area contributed by atoms with Crippen molar-refractivity contribution >= 4 is 5.78 Å². The molecule has 1 aliphatic carbocycles. The third kappa shape index (κ3) is 0.655. The fourth-order valence-electron chi connectivity index (χ4n) is 1.93. The highest BCUT2D eigenvalue weighted by molar-refractivity contribution is 5.88. The summed E-state index contributed by atoms with van der Waals surface area (Å²) >= 11 is 0. The fraction of sp³-hybridized carbons (Fsp3) is 0.875. The van der Waals surface area contributed by atoms with Crippen LogP contribution in [0.5, 0.6) is 0 Å². The van der Waals surface area contributed by atoms with Gasteiger partial charge in [-0.05, 0) is 26.2 Å². The lowest BCUT2D eigenvalue weighted by atomic mass is 9.87. The van der Waals surface area contributed by atoms with Crippen molar-refractivity contribution in [2.24, 2.45) is 0 Å². The number of fused-ring (bicyclic) bond motifs is 1. The van der Waals surface area contributed by atoms with Crippen LogP contribution >= 0.6 is 0 Å². The Morgan fingerprint density at radius 2 is 2.40 bits per heavy atom. The van der Waals surface area contributed by atoms with Gasteiger partial charge in [-0.1, -0.05) is 6.42 Å². The summed E-state index contributed by atoms with van der Waals surface area (Å²) in [6.07, 6.45) is 4.75. The molecule has 0 spiro atoms. The molecule has 0 bridgehead atoms. The summed E-state index contributed by atoms with van der Waals surface area (Å²) in [4.78, 5) is 11.0. The van der Waals surface area contributed by atoms with Crippen molar-refractivity contribution in [3.8, 4) is 0 Å². The normalized spacial score (nSPS) is 44.3. The molecule has 0 amide bonds. The second-order valence-electron chi connectivity index (χ2n) is 3.30. The molecule has 1 aliphatic heterocycles. The molecule has 0 radical (unpaired) electrons. The fourth-order valence-corrected chi connectivity index (χ4v) is 1.93. The first-order chi connectivity index (χ1) is 4.76. The van der Waals surface area contributed by atoms with Gasteiger partial charge in [-0.2, -0.15) is 0 Å². The van der Waals surface area contributed by atoms with Gasteiger partial charge in [0.25, 0.3) is 0 Å². The van der Waals surface area contributed by atoms with Gasteiger partial charge in [0.2, 0.25) is 0 Å². The molecule has 0 aromatic rings. The molecule has 0 N–H and O–H groups in total. The Hall–Kier alpha value is -0.370. The van der Waals surface area contributed by atoms with Gasteiger partial charge in [0.15, 0.2) is 11.4 Å². The Labute approximate surface area is 60.6 Å². The number of rotatable bonds is 1. The molecule has 0 aromatic heterocycles. The van der Waals surface area contributed by atoms with Gasteiger partial charge in [0.05, 0.1) is 6.10 Å². The highest BCUT2D eigenvalue weighted by atomic mass is 16.6. The zero-order valence-electron chi connectivity index (χ0n) is 6.22. The second kappa shape index (κ2) is 1.82. The van der Waals surface area contributed by atoms with Crippen molar-refractivity contribution in [2.45, 2.75) is 44.3 Å². The first-order valence-corrected chi connectivity index (χ1v) is 3.94. The maximum Gasteiger partial charge on any atom is 0.164 e. The Morgan fingerprint density at radius 1 is 1.60 bits per heavy atom. The van der Waals surface area contributed by atoms with Crippen LogP contribution in [0.25, 0.3) is 0 Å². The van der Waals surface area contributed by atoms with E-state index in [4.69, 9.17) is 4.74 Å². The van der Waals surface area contributed by atoms with Gasteiger partial charge >= 0.3 is 0 Å². The number of hydrogen-bond acceptors (Lipinski definition) is 2. The Morgan fingerprint density at radius 3 is 2.90 bits per heavy atom. The summed E-state index contributed by atoms with van der Waals surface area (Å²) in [6.45, 7) is 1.64. The SMILES string of the molecule is CC(=O)[C@]12CCCC[C@H]1O2. The zero-order valence-corrected chi connectivity index (χ0v) is 6.22. The van der Waals surface area contributed by atoms with Crippen LogP contribution in [0.4, 0.5) is 0 Å². The van der Waals surface area contributed by atoms with E-state index < -0.39 is 0 Å². The summed E-state index contributed by atoms with van der Waals surface area (Å²) in [7, 11) is 0. The van der Waals surface area contributed by atoms with Crippen LogP contribution in [0.3, 0.4) is 0 Å². The molecule has 2 heteroatoms. The van der Waals surface area contributed by atoms with Crippen molar-refractivity contribution in [3.63, 3.8) is 0 Å². The standard InChI is InChI=1S/C8H12O2/c1-6(9)8-5-3-2-4-7(8)10-8/h7H,2-5H2,1H3/t7-,8-/m1/s1. The van der Waals surface area contributed by atoms with Gasteiger partial charge in [-0.3, -0.25) is 4.79 Å². The molecule has 10 heavy (non-hydrogen) atoms. The molecule has 2 rings (SSSR count). The van der Waals surface area contributed by atoms with Crippen molar-refractivity contribution < 1.29 is 9.53 Å². The summed E-state index contributed by atoms with van der Waals surface area (Å²) in [5.74, 6) is 0.234. The predicted molar refractivity (Wildman–Crippen MR) is 36.8 cm³/mol. The lowest BCUT2D eigenvalue weighted by Gasteiger charge is -2.12. The van der Waals surface area contributed by atoms with E-state index >= 15 is 0 Å². The Bertz CT molecular complexity index is 176. The maximum atomic E-state index is 11.0. The van der Waals surface area contributed by atoms with Crippen molar-refractivity contribution in [3.05, 3.63) is 0 Å². The third-order valence-corrected chi connectivity index (χ3v) is 2.68. The van der Waals surface area contributed by atoms with E-state index in [0.717, 1.165) is 19.3 Å². The lowest BCUT2D eigenvalue weighted by Crippen LogP contribution is -2.27. The molecule has 2 atom stereocenters. The van der Waals surface area contributed by atoms with Crippen molar-refractivity contribution in [1.29, 1.82) is 0 Å². The molecular weight excluding hydrogens is 128 g/mol.